The number of benzene rings is 2. The first-order valence-corrected chi connectivity index (χ1v) is 7.83. The van der Waals surface area contributed by atoms with Gasteiger partial charge in [0.25, 0.3) is 0 Å². The minimum absolute atomic E-state index is 0.0105. The summed E-state index contributed by atoms with van der Waals surface area (Å²) in [5.41, 5.74) is 1.48. The molecule has 0 spiro atoms. The van der Waals surface area contributed by atoms with E-state index in [1.807, 2.05) is 24.3 Å². The SMILES string of the molecule is COc1cc(Br)c(C(=O)Cc2ccc(Br)cc2)c(OC)c1. The van der Waals surface area contributed by atoms with Crippen molar-refractivity contribution in [3.05, 3.63) is 56.5 Å². The summed E-state index contributed by atoms with van der Waals surface area (Å²) in [4.78, 5) is 12.5. The zero-order valence-electron chi connectivity index (χ0n) is 11.7. The van der Waals surface area contributed by atoms with Crippen LogP contribution in [0.1, 0.15) is 15.9 Å². The van der Waals surface area contributed by atoms with Crippen molar-refractivity contribution in [2.24, 2.45) is 0 Å². The van der Waals surface area contributed by atoms with Gasteiger partial charge in [-0.15, -0.1) is 0 Å². The summed E-state index contributed by atoms with van der Waals surface area (Å²) in [5, 5.41) is 0. The van der Waals surface area contributed by atoms with Gasteiger partial charge in [-0.05, 0) is 39.7 Å². The van der Waals surface area contributed by atoms with Crippen molar-refractivity contribution in [3.63, 3.8) is 0 Å². The highest BCUT2D eigenvalue weighted by Crippen LogP contribution is 2.33. The van der Waals surface area contributed by atoms with Gasteiger partial charge in [-0.3, -0.25) is 4.79 Å². The highest BCUT2D eigenvalue weighted by molar-refractivity contribution is 9.10. The minimum atomic E-state index is -0.0105. The predicted molar refractivity (Wildman–Crippen MR) is 89.4 cm³/mol. The topological polar surface area (TPSA) is 35.5 Å². The number of carbonyl (C=O) groups excluding carboxylic acids is 1. The molecule has 0 saturated heterocycles. The van der Waals surface area contributed by atoms with Crippen LogP contribution >= 0.6 is 31.9 Å². The smallest absolute Gasteiger partial charge is 0.172 e. The van der Waals surface area contributed by atoms with Crippen LogP contribution in [-0.4, -0.2) is 20.0 Å². The molecule has 110 valence electrons. The number of halogens is 2. The van der Waals surface area contributed by atoms with E-state index in [4.69, 9.17) is 9.47 Å². The number of methoxy groups -OCH3 is 2. The van der Waals surface area contributed by atoms with Crippen LogP contribution in [0.5, 0.6) is 11.5 Å². The predicted octanol–water partition coefficient (Wildman–Crippen LogP) is 4.65. The Hall–Kier alpha value is -1.33. The van der Waals surface area contributed by atoms with E-state index in [1.165, 1.54) is 7.11 Å². The number of hydrogen-bond acceptors (Lipinski definition) is 3. The molecule has 0 aliphatic rings. The summed E-state index contributed by atoms with van der Waals surface area (Å²) in [6.07, 6.45) is 0.314. The van der Waals surface area contributed by atoms with Gasteiger partial charge in [-0.2, -0.15) is 0 Å². The highest BCUT2D eigenvalue weighted by Gasteiger charge is 2.18. The zero-order chi connectivity index (χ0) is 15.4. The maximum atomic E-state index is 12.5. The first-order chi connectivity index (χ1) is 10.0. The molecule has 0 atom stereocenters. The van der Waals surface area contributed by atoms with E-state index in [0.717, 1.165) is 10.0 Å². The Morgan fingerprint density at radius 1 is 1.05 bits per heavy atom. The molecule has 0 amide bonds. The second-order valence-electron chi connectivity index (χ2n) is 4.41. The first kappa shape index (κ1) is 16.0. The van der Waals surface area contributed by atoms with Crippen LogP contribution in [0.3, 0.4) is 0 Å². The van der Waals surface area contributed by atoms with Crippen LogP contribution < -0.4 is 9.47 Å². The molecule has 3 nitrogen and oxygen atoms in total. The van der Waals surface area contributed by atoms with Crippen LogP contribution in [0.25, 0.3) is 0 Å². The largest absolute Gasteiger partial charge is 0.497 e. The third-order valence-corrected chi connectivity index (χ3v) is 4.19. The van der Waals surface area contributed by atoms with Crippen molar-refractivity contribution < 1.29 is 14.3 Å². The third kappa shape index (κ3) is 3.86. The van der Waals surface area contributed by atoms with E-state index in [2.05, 4.69) is 31.9 Å². The molecule has 5 heteroatoms. The van der Waals surface area contributed by atoms with E-state index in [1.54, 1.807) is 19.2 Å². The van der Waals surface area contributed by atoms with Gasteiger partial charge in [0.15, 0.2) is 5.78 Å². The van der Waals surface area contributed by atoms with Crippen LogP contribution in [0.4, 0.5) is 0 Å². The minimum Gasteiger partial charge on any atom is -0.497 e. The van der Waals surface area contributed by atoms with Crippen molar-refractivity contribution in [2.45, 2.75) is 6.42 Å². The van der Waals surface area contributed by atoms with E-state index in [9.17, 15) is 4.79 Å². The van der Waals surface area contributed by atoms with Crippen molar-refractivity contribution in [2.75, 3.05) is 14.2 Å². The van der Waals surface area contributed by atoms with Gasteiger partial charge in [0.2, 0.25) is 0 Å². The maximum Gasteiger partial charge on any atom is 0.172 e. The van der Waals surface area contributed by atoms with Crippen LogP contribution in [0.15, 0.2) is 45.3 Å². The van der Waals surface area contributed by atoms with Crippen molar-refractivity contribution >= 4 is 37.6 Å². The summed E-state index contributed by atoms with van der Waals surface area (Å²) in [5.74, 6) is 1.13. The lowest BCUT2D eigenvalue weighted by Gasteiger charge is -2.12. The molecule has 2 aromatic carbocycles. The van der Waals surface area contributed by atoms with Crippen LogP contribution in [-0.2, 0) is 6.42 Å². The molecule has 0 fully saturated rings. The van der Waals surface area contributed by atoms with Crippen molar-refractivity contribution in [1.29, 1.82) is 0 Å². The maximum absolute atomic E-state index is 12.5. The average molecular weight is 414 g/mol. The molecule has 0 aromatic heterocycles. The molecule has 0 aliphatic heterocycles. The second-order valence-corrected chi connectivity index (χ2v) is 6.18. The summed E-state index contributed by atoms with van der Waals surface area (Å²) >= 11 is 6.80. The Balaban J connectivity index is 2.32. The lowest BCUT2D eigenvalue weighted by Crippen LogP contribution is -2.07. The number of carbonyl (C=O) groups is 1. The Morgan fingerprint density at radius 2 is 1.71 bits per heavy atom. The van der Waals surface area contributed by atoms with E-state index in [-0.39, 0.29) is 5.78 Å². The molecule has 0 radical (unpaired) electrons. The Kier molecular flexibility index (Phi) is 5.42. The summed E-state index contributed by atoms with van der Waals surface area (Å²) in [7, 11) is 3.11. The molecule has 21 heavy (non-hydrogen) atoms. The fraction of sp³-hybridized carbons (Fsp3) is 0.188. The summed E-state index contributed by atoms with van der Waals surface area (Å²) in [6, 6.07) is 11.2. The molecule has 0 heterocycles. The second kappa shape index (κ2) is 7.09. The normalized spacial score (nSPS) is 10.3. The molecule has 2 rings (SSSR count). The molecule has 0 aliphatic carbocycles. The lowest BCUT2D eigenvalue weighted by molar-refractivity contribution is 0.0989. The molecular formula is C16H14Br2O3. The lowest BCUT2D eigenvalue weighted by atomic mass is 10.0. The van der Waals surface area contributed by atoms with Crippen LogP contribution in [0.2, 0.25) is 0 Å². The Bertz CT molecular complexity index is 651. The number of ether oxygens (including phenoxy) is 2. The van der Waals surface area contributed by atoms with E-state index >= 15 is 0 Å². The molecule has 0 saturated carbocycles. The van der Waals surface area contributed by atoms with Gasteiger partial charge in [-0.1, -0.05) is 28.1 Å². The molecule has 0 bridgehead atoms. The van der Waals surface area contributed by atoms with E-state index < -0.39 is 0 Å². The van der Waals surface area contributed by atoms with Gasteiger partial charge in [0.1, 0.15) is 11.5 Å². The number of ketones is 1. The zero-order valence-corrected chi connectivity index (χ0v) is 14.8. The van der Waals surface area contributed by atoms with Gasteiger partial charge in [-0.25, -0.2) is 0 Å². The molecule has 0 N–H and O–H groups in total. The van der Waals surface area contributed by atoms with Gasteiger partial charge < -0.3 is 9.47 Å². The number of Topliss-reactive ketones (excluding diaryl/α,β-unsaturated/α-hetero) is 1. The summed E-state index contributed by atoms with van der Waals surface area (Å²) < 4.78 is 12.1. The Labute approximate surface area is 140 Å². The number of hydrogen-bond donors (Lipinski definition) is 0. The van der Waals surface area contributed by atoms with Crippen LogP contribution in [0, 0.1) is 0 Å². The van der Waals surface area contributed by atoms with Gasteiger partial charge in [0, 0.05) is 21.4 Å². The average Bonchev–Trinajstić information content (AvgIpc) is 2.48. The molecular weight excluding hydrogens is 400 g/mol. The summed E-state index contributed by atoms with van der Waals surface area (Å²) in [6.45, 7) is 0. The standard InChI is InChI=1S/C16H14Br2O3/c1-20-12-8-13(18)16(15(9-12)21-2)14(19)7-10-3-5-11(17)6-4-10/h3-6,8-9H,7H2,1-2H3. The van der Waals surface area contributed by atoms with Gasteiger partial charge >= 0.3 is 0 Å². The monoisotopic (exact) mass is 412 g/mol. The van der Waals surface area contributed by atoms with Crippen molar-refractivity contribution in [1.82, 2.24) is 0 Å². The highest BCUT2D eigenvalue weighted by atomic mass is 79.9. The molecule has 2 aromatic rings. The first-order valence-electron chi connectivity index (χ1n) is 6.24. The quantitative estimate of drug-likeness (QED) is 0.669. The van der Waals surface area contributed by atoms with Crippen molar-refractivity contribution in [3.8, 4) is 11.5 Å². The molecule has 0 unspecified atom stereocenters. The third-order valence-electron chi connectivity index (χ3n) is 3.04. The fourth-order valence-corrected chi connectivity index (χ4v) is 2.89. The van der Waals surface area contributed by atoms with Gasteiger partial charge in [0.05, 0.1) is 19.8 Å². The fourth-order valence-electron chi connectivity index (χ4n) is 1.98. The Morgan fingerprint density at radius 3 is 2.29 bits per heavy atom. The number of rotatable bonds is 5. The van der Waals surface area contributed by atoms with E-state index in [0.29, 0.717) is 28.0 Å².